The van der Waals surface area contributed by atoms with Crippen molar-refractivity contribution in [3.05, 3.63) is 104 Å². The van der Waals surface area contributed by atoms with Crippen molar-refractivity contribution in [1.29, 1.82) is 0 Å². The lowest BCUT2D eigenvalue weighted by Gasteiger charge is -2.22. The van der Waals surface area contributed by atoms with Gasteiger partial charge < -0.3 is 9.84 Å². The number of carbonyl (C=O) groups is 2. The lowest BCUT2D eigenvalue weighted by atomic mass is 9.94. The summed E-state index contributed by atoms with van der Waals surface area (Å²) in [6.45, 7) is 1.96. The Morgan fingerprint density at radius 1 is 1.05 bits per heavy atom. The molecule has 3 heterocycles. The number of aliphatic hydroxyl groups excluding tert-OH is 1. The van der Waals surface area contributed by atoms with Crippen molar-refractivity contribution in [1.82, 2.24) is 10.2 Å². The number of hydrogen-bond donors (Lipinski definition) is 1. The Morgan fingerprint density at radius 2 is 1.80 bits per heavy atom. The summed E-state index contributed by atoms with van der Waals surface area (Å²) in [5.74, 6) is -0.653. The molecule has 1 N–H and O–H groups in total. The Kier molecular flexibility index (Phi) is 7.74. The van der Waals surface area contributed by atoms with Crippen LogP contribution in [0, 0.1) is 0 Å². The van der Waals surface area contributed by atoms with Gasteiger partial charge in [-0.3, -0.25) is 14.5 Å². The van der Waals surface area contributed by atoms with Gasteiger partial charge in [-0.25, -0.2) is 0 Å². The Morgan fingerprint density at radius 3 is 2.56 bits per heavy atom. The van der Waals surface area contributed by atoms with Crippen molar-refractivity contribution < 1.29 is 19.4 Å². The van der Waals surface area contributed by atoms with Crippen LogP contribution in [0.15, 0.2) is 70.6 Å². The summed E-state index contributed by atoms with van der Waals surface area (Å²) in [6, 6.07) is 16.3. The van der Waals surface area contributed by atoms with E-state index in [9.17, 15) is 14.7 Å². The number of nitrogens with zero attached hydrogens (tertiary/aromatic N) is 3. The minimum atomic E-state index is -0.938. The lowest BCUT2D eigenvalue weighted by molar-refractivity contribution is -0.132. The molecule has 1 amide bonds. The number of thioether (sulfide) groups is 1. The topological polar surface area (TPSA) is 92.6 Å². The van der Waals surface area contributed by atoms with Gasteiger partial charge in [-0.15, -0.1) is 10.2 Å². The Bertz CT molecular complexity index is 1720. The van der Waals surface area contributed by atoms with Gasteiger partial charge >= 0.3 is 5.91 Å². The average molecular weight is 645 g/mol. The number of fused-ring (bicyclic) bond motifs is 1. The van der Waals surface area contributed by atoms with Crippen LogP contribution in [-0.2, 0) is 21.8 Å². The second-order valence-corrected chi connectivity index (χ2v) is 13.0. The van der Waals surface area contributed by atoms with Crippen molar-refractivity contribution in [3.8, 4) is 5.75 Å². The van der Waals surface area contributed by atoms with Crippen LogP contribution in [0.1, 0.15) is 35.2 Å². The van der Waals surface area contributed by atoms with E-state index in [0.717, 1.165) is 16.9 Å². The molecule has 6 rings (SSSR count). The first-order chi connectivity index (χ1) is 19.7. The Hall–Kier alpha value is -3.08. The van der Waals surface area contributed by atoms with E-state index in [2.05, 4.69) is 10.2 Å². The molecule has 4 aromatic rings. The van der Waals surface area contributed by atoms with E-state index in [1.165, 1.54) is 28.0 Å². The van der Waals surface area contributed by atoms with Gasteiger partial charge in [-0.1, -0.05) is 76.1 Å². The first-order valence-electron chi connectivity index (χ1n) is 12.5. The van der Waals surface area contributed by atoms with Gasteiger partial charge in [-0.2, -0.15) is 0 Å². The quantitative estimate of drug-likeness (QED) is 0.0755. The van der Waals surface area contributed by atoms with E-state index in [1.54, 1.807) is 54.6 Å². The van der Waals surface area contributed by atoms with Gasteiger partial charge in [0.1, 0.15) is 17.6 Å². The zero-order valence-corrected chi connectivity index (χ0v) is 25.2. The average Bonchev–Trinajstić information content (AvgIpc) is 3.63. The van der Waals surface area contributed by atoms with Gasteiger partial charge in [0.05, 0.1) is 11.6 Å². The summed E-state index contributed by atoms with van der Waals surface area (Å²) in [4.78, 5) is 28.3. The summed E-state index contributed by atoms with van der Waals surface area (Å²) in [5.41, 5.74) is 2.76. The van der Waals surface area contributed by atoms with Gasteiger partial charge in [0, 0.05) is 32.8 Å². The number of benzene rings is 3. The van der Waals surface area contributed by atoms with Crippen molar-refractivity contribution in [2.75, 3.05) is 4.90 Å². The highest BCUT2D eigenvalue weighted by atomic mass is 35.5. The van der Waals surface area contributed by atoms with Crippen molar-refractivity contribution in [3.63, 3.8) is 0 Å². The number of anilines is 1. The molecule has 0 radical (unpaired) electrons. The van der Waals surface area contributed by atoms with Crippen molar-refractivity contribution in [2.24, 2.45) is 0 Å². The molecule has 0 aliphatic carbocycles. The molecule has 3 aromatic carbocycles. The molecule has 0 bridgehead atoms. The normalized spacial score (nSPS) is 19.5. The molecule has 2 unspecified atom stereocenters. The molecule has 2 aliphatic heterocycles. The number of amides is 1. The monoisotopic (exact) mass is 643 g/mol. The summed E-state index contributed by atoms with van der Waals surface area (Å²) >= 11 is 21.0. The number of aromatic nitrogens is 2. The molecule has 1 fully saturated rings. The van der Waals surface area contributed by atoms with E-state index >= 15 is 0 Å². The van der Waals surface area contributed by atoms with Crippen LogP contribution in [0.2, 0.25) is 15.1 Å². The molecule has 1 saturated heterocycles. The summed E-state index contributed by atoms with van der Waals surface area (Å²) in [6.07, 6.45) is 0.694. The van der Waals surface area contributed by atoms with E-state index in [1.807, 2.05) is 13.0 Å². The fraction of sp³-hybridized carbons (Fsp3) is 0.172. The van der Waals surface area contributed by atoms with Crippen LogP contribution >= 0.6 is 57.9 Å². The minimum absolute atomic E-state index is 0.0160. The van der Waals surface area contributed by atoms with Crippen LogP contribution in [0.3, 0.4) is 0 Å². The molecule has 0 saturated carbocycles. The summed E-state index contributed by atoms with van der Waals surface area (Å²) in [7, 11) is 0. The zero-order valence-electron chi connectivity index (χ0n) is 21.3. The second-order valence-electron chi connectivity index (χ2n) is 9.55. The molecule has 12 heteroatoms. The van der Waals surface area contributed by atoms with Gasteiger partial charge in [0.15, 0.2) is 4.34 Å². The second kappa shape index (κ2) is 11.3. The highest BCUT2D eigenvalue weighted by Gasteiger charge is 2.48. The molecule has 1 aromatic heterocycles. The smallest absolute Gasteiger partial charge is 0.301 e. The van der Waals surface area contributed by atoms with Gasteiger partial charge in [-0.05, 0) is 66.1 Å². The maximum atomic E-state index is 13.5. The first-order valence-corrected chi connectivity index (χ1v) is 15.4. The molecule has 41 heavy (non-hydrogen) atoms. The predicted octanol–water partition coefficient (Wildman–Crippen LogP) is 7.74. The number of hydrogen-bond acceptors (Lipinski definition) is 8. The number of carbonyl (C=O) groups excluding carboxylic acids is 2. The van der Waals surface area contributed by atoms with Gasteiger partial charge in [0.25, 0.3) is 5.78 Å². The van der Waals surface area contributed by atoms with Crippen LogP contribution in [-0.4, -0.2) is 33.1 Å². The molecular weight excluding hydrogens is 625 g/mol. The van der Waals surface area contributed by atoms with Gasteiger partial charge in [0.2, 0.25) is 5.13 Å². The maximum Gasteiger partial charge on any atom is 0.301 e. The van der Waals surface area contributed by atoms with Crippen LogP contribution < -0.4 is 9.64 Å². The third kappa shape index (κ3) is 5.45. The number of rotatable bonds is 6. The Labute approximate surface area is 258 Å². The SMILES string of the molecule is CC1Cc2cc(/C(O)=C3\C(=O)C(=O)N(c4nnc(SCc5ccc(Cl)cc5Cl)s4)C3c3ccc(Cl)cc3)ccc2O1. The fourth-order valence-electron chi connectivity index (χ4n) is 4.85. The number of ketones is 1. The molecule has 0 spiro atoms. The van der Waals surface area contributed by atoms with Crippen LogP contribution in [0.5, 0.6) is 5.75 Å². The summed E-state index contributed by atoms with van der Waals surface area (Å²) < 4.78 is 6.35. The molecular formula is C29H20Cl3N3O4S2. The van der Waals surface area contributed by atoms with E-state index in [-0.39, 0.29) is 22.6 Å². The standard InChI is InChI=1S/C29H20Cl3N3O4S2/c1-14-10-18-11-16(5-9-22(18)39-14)25(36)23-24(15-2-6-19(30)7-3-15)35(27(38)26(23)37)28-33-34-29(41-28)40-13-17-4-8-20(31)12-21(17)32/h2-9,11-12,14,24,36H,10,13H2,1H3/b25-23+. The van der Waals surface area contributed by atoms with E-state index < -0.39 is 17.7 Å². The minimum Gasteiger partial charge on any atom is -0.507 e. The molecule has 208 valence electrons. The third-order valence-electron chi connectivity index (χ3n) is 6.77. The fourth-order valence-corrected chi connectivity index (χ4v) is 7.40. The molecule has 2 aliphatic rings. The number of halogens is 3. The number of aliphatic hydroxyl groups is 1. The number of Topliss-reactive ketones (excluding diaryl/α,β-unsaturated/α-hetero) is 1. The highest BCUT2D eigenvalue weighted by Crippen LogP contribution is 2.45. The van der Waals surface area contributed by atoms with Crippen LogP contribution in [0.25, 0.3) is 5.76 Å². The maximum absolute atomic E-state index is 13.5. The first kappa shape index (κ1) is 28.1. The Balaban J connectivity index is 1.37. The zero-order chi connectivity index (χ0) is 28.8. The predicted molar refractivity (Wildman–Crippen MR) is 162 cm³/mol. The lowest BCUT2D eigenvalue weighted by Crippen LogP contribution is -2.29. The third-order valence-corrected chi connectivity index (χ3v) is 9.71. The van der Waals surface area contributed by atoms with E-state index in [4.69, 9.17) is 39.5 Å². The van der Waals surface area contributed by atoms with Crippen LogP contribution in [0.4, 0.5) is 5.13 Å². The molecule has 7 nitrogen and oxygen atoms in total. The number of ether oxygens (including phenoxy) is 1. The van der Waals surface area contributed by atoms with Crippen molar-refractivity contribution in [2.45, 2.75) is 35.6 Å². The van der Waals surface area contributed by atoms with E-state index in [0.29, 0.717) is 42.7 Å². The highest BCUT2D eigenvalue weighted by molar-refractivity contribution is 8.00. The largest absolute Gasteiger partial charge is 0.507 e. The summed E-state index contributed by atoms with van der Waals surface area (Å²) in [5, 5.41) is 21.8. The molecule has 2 atom stereocenters. The van der Waals surface area contributed by atoms with Crippen molar-refractivity contribution >= 4 is 80.5 Å².